The van der Waals surface area contributed by atoms with E-state index in [1.807, 2.05) is 0 Å². The smallest absolute Gasteiger partial charge is 0.333 e. The fourth-order valence-electron chi connectivity index (χ4n) is 2.47. The van der Waals surface area contributed by atoms with Gasteiger partial charge in [0.25, 0.3) is 5.56 Å². The van der Waals surface area contributed by atoms with Gasteiger partial charge in [-0.15, -0.1) is 0 Å². The Hall–Kier alpha value is -2.05. The Labute approximate surface area is 115 Å². The number of rotatable bonds is 3. The lowest BCUT2D eigenvalue weighted by molar-refractivity contribution is -0.143. The predicted octanol–water partition coefficient (Wildman–Crippen LogP) is -0.0983. The van der Waals surface area contributed by atoms with E-state index < -0.39 is 17.2 Å². The molecule has 7 heteroatoms. The Balaban J connectivity index is 2.50. The van der Waals surface area contributed by atoms with Crippen LogP contribution < -0.4 is 16.0 Å². The van der Waals surface area contributed by atoms with Crippen molar-refractivity contribution in [2.45, 2.75) is 32.3 Å². The van der Waals surface area contributed by atoms with Crippen molar-refractivity contribution in [3.8, 4) is 5.88 Å². The summed E-state index contributed by atoms with van der Waals surface area (Å²) in [7, 11) is 2.95. The van der Waals surface area contributed by atoms with Crippen LogP contribution in [-0.2, 0) is 23.6 Å². The summed E-state index contributed by atoms with van der Waals surface area (Å²) in [6.07, 6.45) is -0.287. The third-order valence-electron chi connectivity index (χ3n) is 3.57. The van der Waals surface area contributed by atoms with E-state index in [9.17, 15) is 14.4 Å². The molecule has 0 bridgehead atoms. The zero-order chi connectivity index (χ0) is 15.0. The SMILES string of the molecule is CCOC(=O)CC1c2c(n(C)c(=O)n(C)c2=O)OC1C. The van der Waals surface area contributed by atoms with E-state index in [-0.39, 0.29) is 24.4 Å². The highest BCUT2D eigenvalue weighted by Crippen LogP contribution is 2.36. The van der Waals surface area contributed by atoms with Crippen LogP contribution in [0.2, 0.25) is 0 Å². The number of carbonyl (C=O) groups is 1. The van der Waals surface area contributed by atoms with Crippen LogP contribution in [0.1, 0.15) is 31.7 Å². The molecule has 1 aromatic heterocycles. The number of aromatic nitrogens is 2. The van der Waals surface area contributed by atoms with Crippen molar-refractivity contribution in [2.24, 2.45) is 14.1 Å². The molecule has 7 nitrogen and oxygen atoms in total. The summed E-state index contributed by atoms with van der Waals surface area (Å²) >= 11 is 0. The van der Waals surface area contributed by atoms with Gasteiger partial charge < -0.3 is 9.47 Å². The molecule has 2 unspecified atom stereocenters. The van der Waals surface area contributed by atoms with Crippen molar-refractivity contribution in [1.82, 2.24) is 9.13 Å². The number of fused-ring (bicyclic) bond motifs is 1. The van der Waals surface area contributed by atoms with Gasteiger partial charge in [-0.25, -0.2) is 4.79 Å². The Kier molecular flexibility index (Phi) is 3.69. The maximum absolute atomic E-state index is 12.2. The van der Waals surface area contributed by atoms with Gasteiger partial charge in [-0.05, 0) is 13.8 Å². The Morgan fingerprint density at radius 3 is 2.55 bits per heavy atom. The molecular weight excluding hydrogens is 264 g/mol. The Morgan fingerprint density at radius 1 is 1.30 bits per heavy atom. The first kappa shape index (κ1) is 14.4. The van der Waals surface area contributed by atoms with Gasteiger partial charge in [0.05, 0.1) is 18.6 Å². The van der Waals surface area contributed by atoms with Crippen molar-refractivity contribution in [3.05, 3.63) is 26.4 Å². The summed E-state index contributed by atoms with van der Waals surface area (Å²) in [5.41, 5.74) is -0.491. The van der Waals surface area contributed by atoms with Gasteiger partial charge in [-0.3, -0.25) is 18.7 Å². The lowest BCUT2D eigenvalue weighted by Crippen LogP contribution is -2.38. The van der Waals surface area contributed by atoms with Crippen LogP contribution in [0.4, 0.5) is 0 Å². The minimum absolute atomic E-state index is 0.0649. The van der Waals surface area contributed by atoms with Gasteiger partial charge in [0, 0.05) is 20.0 Å². The van der Waals surface area contributed by atoms with Crippen LogP contribution in [0, 0.1) is 0 Å². The second-order valence-electron chi connectivity index (χ2n) is 4.86. The summed E-state index contributed by atoms with van der Waals surface area (Å²) in [5, 5.41) is 0. The van der Waals surface area contributed by atoms with Gasteiger partial charge in [-0.1, -0.05) is 0 Å². The molecule has 2 rings (SSSR count). The van der Waals surface area contributed by atoms with E-state index in [1.54, 1.807) is 20.9 Å². The summed E-state index contributed by atoms with van der Waals surface area (Å²) in [4.78, 5) is 35.7. The summed E-state index contributed by atoms with van der Waals surface area (Å²) in [6, 6.07) is 0. The predicted molar refractivity (Wildman–Crippen MR) is 71.0 cm³/mol. The molecule has 0 saturated carbocycles. The highest BCUT2D eigenvalue weighted by molar-refractivity contribution is 5.71. The van der Waals surface area contributed by atoms with E-state index in [1.165, 1.54) is 11.6 Å². The van der Waals surface area contributed by atoms with Gasteiger partial charge in [0.1, 0.15) is 6.10 Å². The third kappa shape index (κ3) is 2.13. The second kappa shape index (κ2) is 5.15. The molecule has 1 aliphatic rings. The van der Waals surface area contributed by atoms with Crippen molar-refractivity contribution in [3.63, 3.8) is 0 Å². The van der Waals surface area contributed by atoms with Crippen LogP contribution in [0.25, 0.3) is 0 Å². The van der Waals surface area contributed by atoms with E-state index in [4.69, 9.17) is 9.47 Å². The zero-order valence-corrected chi connectivity index (χ0v) is 12.0. The van der Waals surface area contributed by atoms with Crippen LogP contribution in [0.3, 0.4) is 0 Å². The van der Waals surface area contributed by atoms with Crippen molar-refractivity contribution in [1.29, 1.82) is 0 Å². The van der Waals surface area contributed by atoms with E-state index in [2.05, 4.69) is 0 Å². The molecule has 1 aliphatic heterocycles. The lowest BCUT2D eigenvalue weighted by atomic mass is 9.95. The van der Waals surface area contributed by atoms with E-state index in [0.717, 1.165) is 4.57 Å². The minimum atomic E-state index is -0.447. The minimum Gasteiger partial charge on any atom is -0.475 e. The van der Waals surface area contributed by atoms with Gasteiger partial charge in [0.2, 0.25) is 5.88 Å². The summed E-state index contributed by atoms with van der Waals surface area (Å²) in [5.74, 6) is -0.522. The first-order chi connectivity index (χ1) is 9.38. The maximum Gasteiger partial charge on any atom is 0.333 e. The summed E-state index contributed by atoms with van der Waals surface area (Å²) < 4.78 is 12.8. The van der Waals surface area contributed by atoms with E-state index >= 15 is 0 Å². The van der Waals surface area contributed by atoms with Crippen molar-refractivity contribution < 1.29 is 14.3 Å². The maximum atomic E-state index is 12.2. The van der Waals surface area contributed by atoms with Gasteiger partial charge >= 0.3 is 11.7 Å². The van der Waals surface area contributed by atoms with Crippen LogP contribution in [0.15, 0.2) is 9.59 Å². The van der Waals surface area contributed by atoms with Crippen LogP contribution >= 0.6 is 0 Å². The normalized spacial score (nSPS) is 20.4. The average Bonchev–Trinajstić information content (AvgIpc) is 2.72. The first-order valence-electron chi connectivity index (χ1n) is 6.50. The molecule has 0 fully saturated rings. The number of hydrogen-bond donors (Lipinski definition) is 0. The van der Waals surface area contributed by atoms with Crippen LogP contribution in [-0.4, -0.2) is 27.8 Å². The largest absolute Gasteiger partial charge is 0.475 e. The van der Waals surface area contributed by atoms with Gasteiger partial charge in [0.15, 0.2) is 0 Å². The molecule has 0 saturated heterocycles. The molecule has 20 heavy (non-hydrogen) atoms. The topological polar surface area (TPSA) is 79.5 Å². The third-order valence-corrected chi connectivity index (χ3v) is 3.57. The van der Waals surface area contributed by atoms with Gasteiger partial charge in [-0.2, -0.15) is 0 Å². The lowest BCUT2D eigenvalue weighted by Gasteiger charge is -2.12. The molecule has 0 amide bonds. The average molecular weight is 282 g/mol. The quantitative estimate of drug-likeness (QED) is 0.723. The van der Waals surface area contributed by atoms with Crippen molar-refractivity contribution >= 4 is 5.97 Å². The number of esters is 1. The molecule has 110 valence electrons. The Bertz CT molecular complexity index is 658. The number of ether oxygens (including phenoxy) is 2. The zero-order valence-electron chi connectivity index (χ0n) is 12.0. The monoisotopic (exact) mass is 282 g/mol. The fourth-order valence-corrected chi connectivity index (χ4v) is 2.47. The molecule has 2 atom stereocenters. The fraction of sp³-hybridized carbons (Fsp3) is 0.615. The van der Waals surface area contributed by atoms with Crippen molar-refractivity contribution in [2.75, 3.05) is 6.61 Å². The van der Waals surface area contributed by atoms with E-state index in [0.29, 0.717) is 12.2 Å². The standard InChI is InChI=1S/C13H18N2O5/c1-5-19-9(16)6-8-7(2)20-12-10(8)11(17)14(3)13(18)15(12)4/h7-8H,5-6H2,1-4H3. The molecule has 1 aromatic rings. The van der Waals surface area contributed by atoms with Crippen LogP contribution in [0.5, 0.6) is 5.88 Å². The molecule has 0 radical (unpaired) electrons. The molecular formula is C13H18N2O5. The number of nitrogens with zero attached hydrogens (tertiary/aromatic N) is 2. The number of carbonyl (C=O) groups excluding carboxylic acids is 1. The first-order valence-corrected chi connectivity index (χ1v) is 6.50. The molecule has 0 spiro atoms. The number of hydrogen-bond acceptors (Lipinski definition) is 5. The summed E-state index contributed by atoms with van der Waals surface area (Å²) in [6.45, 7) is 3.79. The molecule has 2 heterocycles. The highest BCUT2D eigenvalue weighted by Gasteiger charge is 2.38. The molecule has 0 N–H and O–H groups in total. The highest BCUT2D eigenvalue weighted by atomic mass is 16.5. The molecule has 0 aliphatic carbocycles. The molecule has 0 aromatic carbocycles. The Morgan fingerprint density at radius 2 is 1.95 bits per heavy atom. The second-order valence-corrected chi connectivity index (χ2v) is 4.86.